The van der Waals surface area contributed by atoms with Gasteiger partial charge in [0.05, 0.1) is 45.7 Å². The van der Waals surface area contributed by atoms with E-state index in [2.05, 4.69) is 25.6 Å². The fourth-order valence-corrected chi connectivity index (χ4v) is 4.25. The molecule has 1 unspecified atom stereocenters. The van der Waals surface area contributed by atoms with Crippen LogP contribution in [-0.2, 0) is 9.53 Å². The summed E-state index contributed by atoms with van der Waals surface area (Å²) in [6.45, 7) is 6.37. The molecule has 192 valence electrons. The van der Waals surface area contributed by atoms with E-state index in [-0.39, 0.29) is 10.8 Å². The molecule has 1 aromatic carbocycles. The first-order valence-electron chi connectivity index (χ1n) is 11.7. The van der Waals surface area contributed by atoms with Gasteiger partial charge in [0, 0.05) is 37.2 Å². The molecule has 0 spiro atoms. The van der Waals surface area contributed by atoms with Crippen LogP contribution in [0.1, 0.15) is 41.8 Å². The topological polar surface area (TPSA) is 118 Å². The number of aryl methyl sites for hydroxylation is 1. The van der Waals surface area contributed by atoms with Crippen LogP contribution in [0.3, 0.4) is 0 Å². The average molecular weight is 522 g/mol. The number of nitrogens with zero attached hydrogens (tertiary/aromatic N) is 2. The predicted octanol–water partition coefficient (Wildman–Crippen LogP) is 5.74. The Morgan fingerprint density at radius 1 is 1.22 bits per heavy atom. The van der Waals surface area contributed by atoms with E-state index < -0.39 is 5.54 Å². The van der Waals surface area contributed by atoms with Crippen LogP contribution in [0.15, 0.2) is 48.9 Å². The van der Waals surface area contributed by atoms with Crippen molar-refractivity contribution in [2.75, 3.05) is 24.4 Å². The highest BCUT2D eigenvalue weighted by Crippen LogP contribution is 2.37. The number of anilines is 2. The summed E-state index contributed by atoms with van der Waals surface area (Å²) in [6, 6.07) is 8.54. The molecule has 0 bridgehead atoms. The number of hydrogen-bond acceptors (Lipinski definition) is 7. The van der Waals surface area contributed by atoms with Gasteiger partial charge in [-0.1, -0.05) is 18.5 Å². The van der Waals surface area contributed by atoms with E-state index in [1.165, 1.54) is 6.20 Å². The van der Waals surface area contributed by atoms with Gasteiger partial charge >= 0.3 is 0 Å². The molecule has 1 amide bonds. The molecular formula is C27H28ClN5O4. The Labute approximate surface area is 219 Å². The minimum absolute atomic E-state index is 0.229. The predicted molar refractivity (Wildman–Crippen MR) is 144 cm³/mol. The van der Waals surface area contributed by atoms with Crippen molar-refractivity contribution in [3.63, 3.8) is 0 Å². The quantitative estimate of drug-likeness (QED) is 0.170. The summed E-state index contributed by atoms with van der Waals surface area (Å²) in [5, 5.41) is 6.91. The third kappa shape index (κ3) is 5.58. The number of halogens is 1. The van der Waals surface area contributed by atoms with Crippen LogP contribution in [-0.4, -0.2) is 46.4 Å². The molecule has 3 heterocycles. The number of rotatable bonds is 11. The third-order valence-electron chi connectivity index (χ3n) is 6.13. The van der Waals surface area contributed by atoms with Gasteiger partial charge in [-0.2, -0.15) is 0 Å². The lowest BCUT2D eigenvalue weighted by molar-refractivity contribution is -0.105. The lowest BCUT2D eigenvalue weighted by atomic mass is 9.97. The summed E-state index contributed by atoms with van der Waals surface area (Å²) in [5.41, 5.74) is 2.67. The highest BCUT2D eigenvalue weighted by atomic mass is 35.5. The Morgan fingerprint density at radius 3 is 2.70 bits per heavy atom. The first kappa shape index (κ1) is 26.1. The zero-order valence-electron chi connectivity index (χ0n) is 21.0. The van der Waals surface area contributed by atoms with E-state index in [0.717, 1.165) is 12.0 Å². The molecule has 3 N–H and O–H groups in total. The molecule has 0 aliphatic heterocycles. The van der Waals surface area contributed by atoms with Gasteiger partial charge in [0.1, 0.15) is 11.4 Å². The number of carbonyl (C=O) groups is 2. The number of carbonyl (C=O) groups excluding carboxylic acids is 2. The lowest BCUT2D eigenvalue weighted by Gasteiger charge is -2.31. The van der Waals surface area contributed by atoms with E-state index in [4.69, 9.17) is 21.1 Å². The highest BCUT2D eigenvalue weighted by molar-refractivity contribution is 6.36. The van der Waals surface area contributed by atoms with Gasteiger partial charge in [-0.25, -0.2) is 9.97 Å². The maximum Gasteiger partial charge on any atom is 0.219 e. The summed E-state index contributed by atoms with van der Waals surface area (Å²) in [7, 11) is 1.62. The van der Waals surface area contributed by atoms with Crippen molar-refractivity contribution in [1.29, 1.82) is 0 Å². The van der Waals surface area contributed by atoms with E-state index in [0.29, 0.717) is 58.2 Å². The molecule has 0 aliphatic rings. The van der Waals surface area contributed by atoms with Crippen molar-refractivity contribution in [3.8, 4) is 11.6 Å². The summed E-state index contributed by atoms with van der Waals surface area (Å²) in [6.07, 6.45) is 6.07. The number of pyridine rings is 2. The fraction of sp³-hybridized carbons (Fsp3) is 0.259. The second-order valence-corrected chi connectivity index (χ2v) is 9.36. The summed E-state index contributed by atoms with van der Waals surface area (Å²) >= 11 is 6.54. The van der Waals surface area contributed by atoms with Crippen molar-refractivity contribution in [2.24, 2.45) is 0 Å². The molecule has 4 rings (SSSR count). The normalized spacial score (nSPS) is 12.7. The molecule has 1 atom stereocenters. The number of ether oxygens (including phenoxy) is 2. The number of methoxy groups -OCH3 is 1. The number of benzene rings is 1. The van der Waals surface area contributed by atoms with Gasteiger partial charge in [0.15, 0.2) is 5.78 Å². The number of aromatic nitrogens is 3. The minimum Gasteiger partial charge on any atom is -0.439 e. The maximum atomic E-state index is 13.7. The van der Waals surface area contributed by atoms with Gasteiger partial charge in [-0.3, -0.25) is 9.59 Å². The monoisotopic (exact) mass is 521 g/mol. The smallest absolute Gasteiger partial charge is 0.219 e. The van der Waals surface area contributed by atoms with Crippen molar-refractivity contribution >= 4 is 46.2 Å². The van der Waals surface area contributed by atoms with Crippen LogP contribution in [0, 0.1) is 6.92 Å². The van der Waals surface area contributed by atoms with Crippen LogP contribution >= 0.6 is 11.6 Å². The van der Waals surface area contributed by atoms with Gasteiger partial charge in [-0.15, -0.1) is 0 Å². The standard InChI is InChI=1S/C27H28ClN5O4/c1-5-27(3,14-36-4)33-24-21(32-15-34)13-31-26-23(24)19(12-30-26)25(35)18-7-6-17(11-20(18)28)37-22-10-16(2)8-9-29-22/h6-13,15H,5,14H2,1-4H3,(H,32,34)(H2,30,31,33). The fourth-order valence-electron chi connectivity index (χ4n) is 4.00. The number of amides is 1. The summed E-state index contributed by atoms with van der Waals surface area (Å²) in [5.74, 6) is 0.576. The van der Waals surface area contributed by atoms with E-state index in [1.807, 2.05) is 26.8 Å². The minimum atomic E-state index is -0.472. The molecular weight excluding hydrogens is 494 g/mol. The van der Waals surface area contributed by atoms with E-state index >= 15 is 0 Å². The van der Waals surface area contributed by atoms with Gasteiger partial charge in [0.25, 0.3) is 0 Å². The van der Waals surface area contributed by atoms with Crippen molar-refractivity contribution < 1.29 is 19.1 Å². The molecule has 37 heavy (non-hydrogen) atoms. The maximum absolute atomic E-state index is 13.7. The van der Waals surface area contributed by atoms with Crippen molar-refractivity contribution in [2.45, 2.75) is 32.7 Å². The van der Waals surface area contributed by atoms with Gasteiger partial charge in [0.2, 0.25) is 12.3 Å². The Morgan fingerprint density at radius 2 is 2.03 bits per heavy atom. The lowest BCUT2D eigenvalue weighted by Crippen LogP contribution is -2.39. The molecule has 10 heteroatoms. The van der Waals surface area contributed by atoms with Gasteiger partial charge < -0.3 is 25.1 Å². The molecule has 4 aromatic rings. The second kappa shape index (κ2) is 11.0. The average Bonchev–Trinajstić information content (AvgIpc) is 3.30. The summed E-state index contributed by atoms with van der Waals surface area (Å²) < 4.78 is 11.2. The van der Waals surface area contributed by atoms with Crippen LogP contribution in [0.4, 0.5) is 11.4 Å². The zero-order chi connectivity index (χ0) is 26.6. The summed E-state index contributed by atoms with van der Waals surface area (Å²) in [4.78, 5) is 36.7. The number of hydrogen-bond donors (Lipinski definition) is 3. The van der Waals surface area contributed by atoms with E-state index in [1.54, 1.807) is 43.8 Å². The number of nitrogens with one attached hydrogen (secondary N) is 3. The number of fused-ring (bicyclic) bond motifs is 1. The molecule has 9 nitrogen and oxygen atoms in total. The molecule has 0 radical (unpaired) electrons. The van der Waals surface area contributed by atoms with Crippen molar-refractivity contribution in [3.05, 3.63) is 70.6 Å². The van der Waals surface area contributed by atoms with Crippen LogP contribution in [0.5, 0.6) is 11.6 Å². The second-order valence-electron chi connectivity index (χ2n) is 8.95. The Hall–Kier alpha value is -3.95. The Bertz CT molecular complexity index is 1450. The van der Waals surface area contributed by atoms with Gasteiger partial charge in [-0.05, 0) is 44.0 Å². The number of ketones is 1. The number of H-pyrrole nitrogens is 1. The molecule has 3 aromatic heterocycles. The Balaban J connectivity index is 1.75. The first-order chi connectivity index (χ1) is 17.8. The zero-order valence-corrected chi connectivity index (χ0v) is 21.8. The van der Waals surface area contributed by atoms with Crippen molar-refractivity contribution in [1.82, 2.24) is 15.0 Å². The van der Waals surface area contributed by atoms with E-state index in [9.17, 15) is 9.59 Å². The molecule has 0 aliphatic carbocycles. The molecule has 0 saturated heterocycles. The molecule has 0 fully saturated rings. The molecule has 0 saturated carbocycles. The van der Waals surface area contributed by atoms with Crippen LogP contribution < -0.4 is 15.4 Å². The first-order valence-corrected chi connectivity index (χ1v) is 12.1. The van der Waals surface area contributed by atoms with Crippen LogP contribution in [0.2, 0.25) is 5.02 Å². The highest BCUT2D eigenvalue weighted by Gasteiger charge is 2.27. The van der Waals surface area contributed by atoms with Crippen LogP contribution in [0.25, 0.3) is 11.0 Å². The third-order valence-corrected chi connectivity index (χ3v) is 6.44. The number of aromatic amines is 1. The SMILES string of the molecule is CCC(C)(COC)Nc1c(NC=O)cnc2[nH]cc(C(=O)c3ccc(Oc4cc(C)ccn4)cc3Cl)c12. The largest absolute Gasteiger partial charge is 0.439 e. The Kier molecular flexibility index (Phi) is 7.75.